The fourth-order valence-corrected chi connectivity index (χ4v) is 3.04. The summed E-state index contributed by atoms with van der Waals surface area (Å²) >= 11 is 1.23. The summed E-state index contributed by atoms with van der Waals surface area (Å²) in [4.78, 5) is 35.1. The average Bonchev–Trinajstić information content (AvgIpc) is 2.85. The highest BCUT2D eigenvalue weighted by Gasteiger charge is 2.29. The number of carboxylic acid groups (broad SMARTS) is 1. The van der Waals surface area contributed by atoms with Crippen LogP contribution in [0, 0.1) is 13.8 Å². The number of carbonyl (C=O) groups excluding carboxylic acids is 2. The van der Waals surface area contributed by atoms with Gasteiger partial charge in [-0.3, -0.25) is 9.59 Å². The van der Waals surface area contributed by atoms with Crippen molar-refractivity contribution in [3.05, 3.63) is 16.0 Å². The lowest BCUT2D eigenvalue weighted by molar-refractivity contribution is -0.122. The van der Waals surface area contributed by atoms with Crippen LogP contribution in [0.5, 0.6) is 0 Å². The van der Waals surface area contributed by atoms with Crippen LogP contribution in [-0.2, 0) is 9.59 Å². The van der Waals surface area contributed by atoms with E-state index in [1.807, 2.05) is 0 Å². The molecule has 6 nitrogen and oxygen atoms in total. The molecule has 0 bridgehead atoms. The Balaban J connectivity index is 2.19. The van der Waals surface area contributed by atoms with Crippen LogP contribution in [0.2, 0.25) is 0 Å². The summed E-state index contributed by atoms with van der Waals surface area (Å²) in [6.07, 6.45) is 0.767. The third-order valence-corrected chi connectivity index (χ3v) is 4.27. The maximum Gasteiger partial charge on any atom is 0.338 e. The number of aromatic carboxylic acids is 1. The van der Waals surface area contributed by atoms with E-state index in [1.165, 1.54) is 11.3 Å². The number of amides is 2. The largest absolute Gasteiger partial charge is 0.478 e. The van der Waals surface area contributed by atoms with Gasteiger partial charge in [0.2, 0.25) is 11.8 Å². The minimum Gasteiger partial charge on any atom is -0.478 e. The topological polar surface area (TPSA) is 95.5 Å². The first-order valence-corrected chi connectivity index (χ1v) is 6.65. The molecule has 0 saturated carbocycles. The van der Waals surface area contributed by atoms with Gasteiger partial charge in [0.1, 0.15) is 11.0 Å². The number of nitrogens with one attached hydrogen (secondary N) is 2. The first-order valence-electron chi connectivity index (χ1n) is 5.83. The summed E-state index contributed by atoms with van der Waals surface area (Å²) in [6.45, 7) is 3.52. The lowest BCUT2D eigenvalue weighted by atomic mass is 10.1. The lowest BCUT2D eigenvalue weighted by Gasteiger charge is -2.10. The highest BCUT2D eigenvalue weighted by molar-refractivity contribution is 7.16. The number of aryl methyl sites for hydroxylation is 1. The molecule has 1 aliphatic rings. The van der Waals surface area contributed by atoms with Gasteiger partial charge in [-0.05, 0) is 25.8 Å². The molecule has 2 amide bonds. The van der Waals surface area contributed by atoms with Crippen molar-refractivity contribution in [3.8, 4) is 0 Å². The Kier molecular flexibility index (Phi) is 3.57. The molecule has 0 aromatic carbocycles. The van der Waals surface area contributed by atoms with Crippen molar-refractivity contribution in [1.29, 1.82) is 0 Å². The van der Waals surface area contributed by atoms with Gasteiger partial charge >= 0.3 is 5.97 Å². The van der Waals surface area contributed by atoms with E-state index < -0.39 is 12.0 Å². The quantitative estimate of drug-likeness (QED) is 0.778. The van der Waals surface area contributed by atoms with E-state index >= 15 is 0 Å². The maximum atomic E-state index is 11.9. The number of hydrogen-bond donors (Lipinski definition) is 3. The SMILES string of the molecule is Cc1sc(NC(=O)[C@@H]2CCC(=O)N2)c(C(=O)O)c1C. The molecule has 0 aliphatic carbocycles. The summed E-state index contributed by atoms with van der Waals surface area (Å²) in [7, 11) is 0. The Labute approximate surface area is 113 Å². The normalized spacial score (nSPS) is 18.2. The monoisotopic (exact) mass is 282 g/mol. The van der Waals surface area contributed by atoms with Crippen molar-refractivity contribution in [2.45, 2.75) is 32.7 Å². The van der Waals surface area contributed by atoms with E-state index in [0.29, 0.717) is 23.4 Å². The number of carboxylic acids is 1. The van der Waals surface area contributed by atoms with Gasteiger partial charge in [0.25, 0.3) is 0 Å². The van der Waals surface area contributed by atoms with Crippen molar-refractivity contribution in [1.82, 2.24) is 5.32 Å². The molecule has 1 saturated heterocycles. The third-order valence-electron chi connectivity index (χ3n) is 3.15. The van der Waals surface area contributed by atoms with Crippen molar-refractivity contribution >= 4 is 34.1 Å². The predicted molar refractivity (Wildman–Crippen MR) is 70.5 cm³/mol. The summed E-state index contributed by atoms with van der Waals surface area (Å²) < 4.78 is 0. The molecule has 2 rings (SSSR count). The van der Waals surface area contributed by atoms with Crippen molar-refractivity contribution in [3.63, 3.8) is 0 Å². The maximum absolute atomic E-state index is 11.9. The zero-order valence-electron chi connectivity index (χ0n) is 10.6. The smallest absolute Gasteiger partial charge is 0.338 e. The molecule has 102 valence electrons. The number of thiophene rings is 1. The van der Waals surface area contributed by atoms with Gasteiger partial charge in [0.05, 0.1) is 5.56 Å². The first kappa shape index (κ1) is 13.5. The molecule has 0 radical (unpaired) electrons. The van der Waals surface area contributed by atoms with Gasteiger partial charge in [0, 0.05) is 11.3 Å². The van der Waals surface area contributed by atoms with E-state index in [1.54, 1.807) is 13.8 Å². The molecule has 7 heteroatoms. The van der Waals surface area contributed by atoms with Crippen LogP contribution >= 0.6 is 11.3 Å². The average molecular weight is 282 g/mol. The van der Waals surface area contributed by atoms with Crippen LogP contribution in [0.4, 0.5) is 5.00 Å². The number of hydrogen-bond acceptors (Lipinski definition) is 4. The van der Waals surface area contributed by atoms with Crippen molar-refractivity contribution in [2.24, 2.45) is 0 Å². The third kappa shape index (κ3) is 2.60. The summed E-state index contributed by atoms with van der Waals surface area (Å²) in [5.74, 6) is -1.58. The zero-order chi connectivity index (χ0) is 14.2. The Morgan fingerprint density at radius 3 is 2.63 bits per heavy atom. The van der Waals surface area contributed by atoms with Gasteiger partial charge in [-0.1, -0.05) is 0 Å². The molecule has 19 heavy (non-hydrogen) atoms. The van der Waals surface area contributed by atoms with Crippen LogP contribution in [-0.4, -0.2) is 28.9 Å². The Hall–Kier alpha value is -1.89. The van der Waals surface area contributed by atoms with Crippen LogP contribution in [0.25, 0.3) is 0 Å². The van der Waals surface area contributed by atoms with Crippen LogP contribution in [0.3, 0.4) is 0 Å². The molecule has 0 spiro atoms. The second-order valence-corrected chi connectivity index (χ2v) is 5.67. The minimum absolute atomic E-state index is 0.125. The molecule has 1 atom stereocenters. The summed E-state index contributed by atoms with van der Waals surface area (Å²) in [5, 5.41) is 14.6. The Morgan fingerprint density at radius 2 is 2.11 bits per heavy atom. The van der Waals surface area contributed by atoms with Gasteiger partial charge < -0.3 is 15.7 Å². The van der Waals surface area contributed by atoms with E-state index in [2.05, 4.69) is 10.6 Å². The molecule has 3 N–H and O–H groups in total. The second kappa shape index (κ2) is 5.00. The minimum atomic E-state index is -1.06. The molecule has 1 aromatic heterocycles. The highest BCUT2D eigenvalue weighted by Crippen LogP contribution is 2.32. The number of anilines is 1. The molecule has 2 heterocycles. The second-order valence-electron chi connectivity index (χ2n) is 4.44. The summed E-state index contributed by atoms with van der Waals surface area (Å²) in [5.41, 5.74) is 0.781. The standard InChI is InChI=1S/C12H14N2O4S/c1-5-6(2)19-11(9(5)12(17)18)14-10(16)7-3-4-8(15)13-7/h7H,3-4H2,1-2H3,(H,13,15)(H,14,16)(H,17,18)/t7-/m0/s1. The van der Waals surface area contributed by atoms with E-state index in [-0.39, 0.29) is 17.4 Å². The molecular formula is C12H14N2O4S. The van der Waals surface area contributed by atoms with Crippen molar-refractivity contribution < 1.29 is 19.5 Å². The van der Waals surface area contributed by atoms with Crippen LogP contribution < -0.4 is 10.6 Å². The van der Waals surface area contributed by atoms with Crippen LogP contribution in [0.15, 0.2) is 0 Å². The van der Waals surface area contributed by atoms with E-state index in [9.17, 15) is 14.4 Å². The van der Waals surface area contributed by atoms with Gasteiger partial charge in [-0.15, -0.1) is 11.3 Å². The van der Waals surface area contributed by atoms with E-state index in [0.717, 1.165) is 4.88 Å². The number of carbonyl (C=O) groups is 3. The van der Waals surface area contributed by atoms with E-state index in [4.69, 9.17) is 5.11 Å². The lowest BCUT2D eigenvalue weighted by Crippen LogP contribution is -2.37. The first-order chi connectivity index (χ1) is 8.90. The Morgan fingerprint density at radius 1 is 1.42 bits per heavy atom. The molecule has 1 aliphatic heterocycles. The Bertz CT molecular complexity index is 564. The molecule has 0 unspecified atom stereocenters. The fraction of sp³-hybridized carbons (Fsp3) is 0.417. The van der Waals surface area contributed by atoms with Gasteiger partial charge in [-0.2, -0.15) is 0 Å². The number of rotatable bonds is 3. The highest BCUT2D eigenvalue weighted by atomic mass is 32.1. The van der Waals surface area contributed by atoms with Gasteiger partial charge in [-0.25, -0.2) is 4.79 Å². The predicted octanol–water partition coefficient (Wildman–Crippen LogP) is 1.28. The van der Waals surface area contributed by atoms with Crippen LogP contribution in [0.1, 0.15) is 33.6 Å². The summed E-state index contributed by atoms with van der Waals surface area (Å²) in [6, 6.07) is -0.572. The molecule has 1 fully saturated rings. The zero-order valence-corrected chi connectivity index (χ0v) is 11.4. The fourth-order valence-electron chi connectivity index (χ4n) is 1.98. The molecular weight excluding hydrogens is 268 g/mol. The van der Waals surface area contributed by atoms with Gasteiger partial charge in [0.15, 0.2) is 0 Å². The molecule has 1 aromatic rings. The van der Waals surface area contributed by atoms with Crippen molar-refractivity contribution in [2.75, 3.05) is 5.32 Å².